The van der Waals surface area contributed by atoms with Gasteiger partial charge in [-0.2, -0.15) is 12.6 Å². The summed E-state index contributed by atoms with van der Waals surface area (Å²) in [6, 6.07) is 0. The normalized spacial score (nSPS) is 8.18. The third-order valence-corrected chi connectivity index (χ3v) is 1.43. The minimum atomic E-state index is 0.0572. The molecular weight excluding hydrogens is 158 g/mol. The molecule has 0 aromatic carbocycles. The molecule has 0 rings (SSSR count). The van der Waals surface area contributed by atoms with Crippen LogP contribution >= 0.6 is 12.6 Å². The largest absolute Gasteiger partial charge is 0.345 e. The van der Waals surface area contributed by atoms with E-state index in [0.717, 1.165) is 12.2 Å². The molecule has 0 bridgehead atoms. The standard InChI is InChI=1S/C8H13NOS/c1-2-3-6-9-8(10)5-4-7-11/h11H,4-7H2,1H3,(H,9,10). The summed E-state index contributed by atoms with van der Waals surface area (Å²) in [7, 11) is 0. The maximum absolute atomic E-state index is 10.9. The Hall–Kier alpha value is -0.620. The zero-order valence-corrected chi connectivity index (χ0v) is 7.58. The molecule has 0 spiro atoms. The van der Waals surface area contributed by atoms with Crippen molar-refractivity contribution in [3.63, 3.8) is 0 Å². The predicted molar refractivity (Wildman–Crippen MR) is 49.5 cm³/mol. The summed E-state index contributed by atoms with van der Waals surface area (Å²) in [6.45, 7) is 2.21. The highest BCUT2D eigenvalue weighted by atomic mass is 32.1. The van der Waals surface area contributed by atoms with Crippen molar-refractivity contribution in [3.8, 4) is 11.8 Å². The maximum atomic E-state index is 10.9. The van der Waals surface area contributed by atoms with Crippen LogP contribution in [0.15, 0.2) is 0 Å². The molecule has 0 aliphatic carbocycles. The lowest BCUT2D eigenvalue weighted by Crippen LogP contribution is -2.23. The molecule has 0 saturated heterocycles. The van der Waals surface area contributed by atoms with E-state index < -0.39 is 0 Å². The molecule has 0 fully saturated rings. The average molecular weight is 171 g/mol. The fourth-order valence-corrected chi connectivity index (χ4v) is 0.717. The molecule has 0 unspecified atom stereocenters. The molecule has 0 aliphatic heterocycles. The van der Waals surface area contributed by atoms with Crippen LogP contribution < -0.4 is 5.32 Å². The van der Waals surface area contributed by atoms with E-state index in [1.165, 1.54) is 0 Å². The van der Waals surface area contributed by atoms with E-state index in [1.807, 2.05) is 0 Å². The van der Waals surface area contributed by atoms with E-state index in [0.29, 0.717) is 13.0 Å². The predicted octanol–water partition coefficient (Wildman–Crippen LogP) is 0.836. The summed E-state index contributed by atoms with van der Waals surface area (Å²) in [5.74, 6) is 6.27. The molecule has 0 aromatic rings. The third kappa shape index (κ3) is 7.27. The molecule has 0 heterocycles. The van der Waals surface area contributed by atoms with Crippen LogP contribution in [0.4, 0.5) is 0 Å². The van der Waals surface area contributed by atoms with Gasteiger partial charge in [0.15, 0.2) is 0 Å². The highest BCUT2D eigenvalue weighted by Crippen LogP contribution is 1.89. The molecule has 0 aromatic heterocycles. The van der Waals surface area contributed by atoms with Crippen LogP contribution in [0.25, 0.3) is 0 Å². The second-order valence-corrected chi connectivity index (χ2v) is 2.48. The Bertz CT molecular complexity index is 169. The van der Waals surface area contributed by atoms with Gasteiger partial charge in [-0.15, -0.1) is 5.92 Å². The van der Waals surface area contributed by atoms with Gasteiger partial charge in [0.25, 0.3) is 0 Å². The van der Waals surface area contributed by atoms with Crippen molar-refractivity contribution in [1.82, 2.24) is 5.32 Å². The second-order valence-electron chi connectivity index (χ2n) is 2.03. The smallest absolute Gasteiger partial charge is 0.220 e. The summed E-state index contributed by atoms with van der Waals surface area (Å²) in [6.07, 6.45) is 1.38. The Balaban J connectivity index is 3.27. The molecule has 0 saturated carbocycles. The van der Waals surface area contributed by atoms with Gasteiger partial charge in [-0.05, 0) is 19.1 Å². The lowest BCUT2D eigenvalue weighted by atomic mass is 10.3. The van der Waals surface area contributed by atoms with Gasteiger partial charge in [0.2, 0.25) is 5.91 Å². The van der Waals surface area contributed by atoms with E-state index in [4.69, 9.17) is 0 Å². The fraction of sp³-hybridized carbons (Fsp3) is 0.625. The van der Waals surface area contributed by atoms with E-state index in [9.17, 15) is 4.79 Å². The molecule has 2 nitrogen and oxygen atoms in total. The molecule has 3 heteroatoms. The number of carbonyl (C=O) groups is 1. The number of amides is 1. The van der Waals surface area contributed by atoms with Crippen molar-refractivity contribution < 1.29 is 4.79 Å². The first-order valence-corrected chi connectivity index (χ1v) is 4.21. The average Bonchev–Trinajstić information content (AvgIpc) is 2.01. The number of carbonyl (C=O) groups excluding carboxylic acids is 1. The van der Waals surface area contributed by atoms with E-state index in [-0.39, 0.29) is 5.91 Å². The van der Waals surface area contributed by atoms with Gasteiger partial charge in [-0.25, -0.2) is 0 Å². The monoisotopic (exact) mass is 171 g/mol. The van der Waals surface area contributed by atoms with E-state index in [2.05, 4.69) is 29.8 Å². The van der Waals surface area contributed by atoms with Crippen molar-refractivity contribution >= 4 is 18.5 Å². The number of thiol groups is 1. The van der Waals surface area contributed by atoms with Crippen LogP contribution in [0.2, 0.25) is 0 Å². The quantitative estimate of drug-likeness (QED) is 0.476. The Labute approximate surface area is 73.2 Å². The number of nitrogens with one attached hydrogen (secondary N) is 1. The highest BCUT2D eigenvalue weighted by Gasteiger charge is 1.96. The summed E-state index contributed by atoms with van der Waals surface area (Å²) < 4.78 is 0. The third-order valence-electron chi connectivity index (χ3n) is 1.11. The van der Waals surface area contributed by atoms with Crippen LogP contribution in [-0.2, 0) is 4.79 Å². The lowest BCUT2D eigenvalue weighted by Gasteiger charge is -1.98. The second kappa shape index (κ2) is 7.49. The topological polar surface area (TPSA) is 29.1 Å². The molecular formula is C8H13NOS. The molecule has 0 radical (unpaired) electrons. The van der Waals surface area contributed by atoms with Gasteiger partial charge in [-0.1, -0.05) is 5.92 Å². The van der Waals surface area contributed by atoms with Crippen LogP contribution in [0.1, 0.15) is 19.8 Å². The Kier molecular flexibility index (Phi) is 7.06. The van der Waals surface area contributed by atoms with E-state index >= 15 is 0 Å². The molecule has 1 N–H and O–H groups in total. The van der Waals surface area contributed by atoms with Gasteiger partial charge in [0.1, 0.15) is 0 Å². The van der Waals surface area contributed by atoms with Crippen LogP contribution in [-0.4, -0.2) is 18.2 Å². The van der Waals surface area contributed by atoms with Gasteiger partial charge < -0.3 is 5.32 Å². The SMILES string of the molecule is CC#CCNC(=O)CCCS. The van der Waals surface area contributed by atoms with Gasteiger partial charge in [-0.3, -0.25) is 4.79 Å². The highest BCUT2D eigenvalue weighted by molar-refractivity contribution is 7.80. The van der Waals surface area contributed by atoms with Crippen molar-refractivity contribution in [2.24, 2.45) is 0 Å². The zero-order valence-electron chi connectivity index (χ0n) is 6.68. The van der Waals surface area contributed by atoms with Crippen molar-refractivity contribution in [2.75, 3.05) is 12.3 Å². The fourth-order valence-electron chi connectivity index (χ4n) is 0.559. The summed E-state index contributed by atoms with van der Waals surface area (Å²) in [4.78, 5) is 10.9. The van der Waals surface area contributed by atoms with Gasteiger partial charge >= 0.3 is 0 Å². The van der Waals surface area contributed by atoms with Crippen molar-refractivity contribution in [1.29, 1.82) is 0 Å². The van der Waals surface area contributed by atoms with Crippen LogP contribution in [0, 0.1) is 11.8 Å². The van der Waals surface area contributed by atoms with E-state index in [1.54, 1.807) is 6.92 Å². The Morgan fingerprint density at radius 3 is 2.91 bits per heavy atom. The molecule has 0 atom stereocenters. The van der Waals surface area contributed by atoms with Crippen molar-refractivity contribution in [3.05, 3.63) is 0 Å². The lowest BCUT2D eigenvalue weighted by molar-refractivity contribution is -0.120. The Morgan fingerprint density at radius 2 is 2.36 bits per heavy atom. The Morgan fingerprint density at radius 1 is 1.64 bits per heavy atom. The number of rotatable bonds is 4. The zero-order chi connectivity index (χ0) is 8.53. The van der Waals surface area contributed by atoms with Gasteiger partial charge in [0.05, 0.1) is 6.54 Å². The maximum Gasteiger partial charge on any atom is 0.220 e. The van der Waals surface area contributed by atoms with Crippen LogP contribution in [0.5, 0.6) is 0 Å². The molecule has 62 valence electrons. The minimum Gasteiger partial charge on any atom is -0.345 e. The first-order chi connectivity index (χ1) is 5.31. The molecule has 1 amide bonds. The first kappa shape index (κ1) is 10.4. The van der Waals surface area contributed by atoms with Crippen molar-refractivity contribution in [2.45, 2.75) is 19.8 Å². The summed E-state index contributed by atoms with van der Waals surface area (Å²) in [5.41, 5.74) is 0. The van der Waals surface area contributed by atoms with Crippen LogP contribution in [0.3, 0.4) is 0 Å². The summed E-state index contributed by atoms with van der Waals surface area (Å²) in [5, 5.41) is 2.67. The first-order valence-electron chi connectivity index (χ1n) is 3.58. The molecule has 11 heavy (non-hydrogen) atoms. The molecule has 0 aliphatic rings. The summed E-state index contributed by atoms with van der Waals surface area (Å²) >= 11 is 4.00. The number of hydrogen-bond donors (Lipinski definition) is 2. The van der Waals surface area contributed by atoms with Gasteiger partial charge in [0, 0.05) is 6.42 Å². The minimum absolute atomic E-state index is 0.0572. The number of hydrogen-bond acceptors (Lipinski definition) is 2.